The third-order valence-corrected chi connectivity index (χ3v) is 3.71. The highest BCUT2D eigenvalue weighted by Crippen LogP contribution is 2.29. The van der Waals surface area contributed by atoms with Crippen LogP contribution in [0.3, 0.4) is 0 Å². The number of carbonyl (C=O) groups is 1. The van der Waals surface area contributed by atoms with E-state index in [1.807, 2.05) is 0 Å². The largest absolute Gasteiger partial charge is 0.493 e. The summed E-state index contributed by atoms with van der Waals surface area (Å²) in [5, 5.41) is 5.76. The quantitative estimate of drug-likeness (QED) is 0.775. The van der Waals surface area contributed by atoms with Crippen LogP contribution in [0.15, 0.2) is 46.9 Å². The topological polar surface area (TPSA) is 59.6 Å². The first kappa shape index (κ1) is 17.2. The van der Waals surface area contributed by atoms with E-state index in [1.165, 1.54) is 0 Å². The molecule has 0 aliphatic carbocycles. The summed E-state index contributed by atoms with van der Waals surface area (Å²) in [4.78, 5) is 12.1. The summed E-state index contributed by atoms with van der Waals surface area (Å²) in [5.41, 5.74) is 1.20. The molecule has 0 bridgehead atoms. The van der Waals surface area contributed by atoms with Crippen LogP contribution < -0.4 is 20.1 Å². The van der Waals surface area contributed by atoms with E-state index in [1.54, 1.807) is 56.7 Å². The summed E-state index contributed by atoms with van der Waals surface area (Å²) in [7, 11) is 3.11. The summed E-state index contributed by atoms with van der Waals surface area (Å²) in [5.74, 6) is 0.901. The van der Waals surface area contributed by atoms with E-state index in [9.17, 15) is 4.79 Å². The highest BCUT2D eigenvalue weighted by molar-refractivity contribution is 9.10. The van der Waals surface area contributed by atoms with Crippen LogP contribution in [0.1, 0.15) is 10.4 Å². The fraction of sp³-hybridized carbons (Fsp3) is 0.125. The second kappa shape index (κ2) is 7.94. The van der Waals surface area contributed by atoms with Gasteiger partial charge in [-0.3, -0.25) is 10.1 Å². The molecule has 0 aromatic heterocycles. The van der Waals surface area contributed by atoms with Gasteiger partial charge in [0.2, 0.25) is 0 Å². The van der Waals surface area contributed by atoms with Gasteiger partial charge in [0.05, 0.1) is 14.2 Å². The number of hydrogen-bond acceptors (Lipinski definition) is 4. The van der Waals surface area contributed by atoms with E-state index >= 15 is 0 Å². The summed E-state index contributed by atoms with van der Waals surface area (Å²) < 4.78 is 11.3. The summed E-state index contributed by atoms with van der Waals surface area (Å²) in [6.45, 7) is 0. The Morgan fingerprint density at radius 2 is 1.70 bits per heavy atom. The van der Waals surface area contributed by atoms with Gasteiger partial charge in [-0.1, -0.05) is 15.9 Å². The number of carbonyl (C=O) groups excluding carboxylic acids is 1. The van der Waals surface area contributed by atoms with Gasteiger partial charge in [0.25, 0.3) is 5.91 Å². The van der Waals surface area contributed by atoms with Crippen molar-refractivity contribution < 1.29 is 14.3 Å². The zero-order valence-electron chi connectivity index (χ0n) is 12.6. The Kier molecular flexibility index (Phi) is 5.95. The van der Waals surface area contributed by atoms with Gasteiger partial charge in [-0.05, 0) is 48.6 Å². The third-order valence-electron chi connectivity index (χ3n) is 2.97. The molecule has 0 aliphatic heterocycles. The number of ether oxygens (including phenoxy) is 2. The summed E-state index contributed by atoms with van der Waals surface area (Å²) in [6.07, 6.45) is 0. The molecule has 0 saturated heterocycles. The molecule has 120 valence electrons. The number of hydrogen-bond donors (Lipinski definition) is 2. The third kappa shape index (κ3) is 4.67. The minimum Gasteiger partial charge on any atom is -0.493 e. The standard InChI is InChI=1S/C16H15BrN2O3S/c1-21-13-8-7-12(9-14(13)22-2)18-16(23)19-15(20)10-3-5-11(17)6-4-10/h3-9H,1-2H3,(H2,18,19,20,23). The van der Waals surface area contributed by atoms with Gasteiger partial charge in [-0.25, -0.2) is 0 Å². The normalized spacial score (nSPS) is 9.87. The molecule has 0 saturated carbocycles. The van der Waals surface area contributed by atoms with Crippen molar-refractivity contribution >= 4 is 44.9 Å². The molecule has 0 unspecified atom stereocenters. The molecule has 23 heavy (non-hydrogen) atoms. The number of nitrogens with one attached hydrogen (secondary N) is 2. The highest BCUT2D eigenvalue weighted by atomic mass is 79.9. The highest BCUT2D eigenvalue weighted by Gasteiger charge is 2.09. The van der Waals surface area contributed by atoms with Crippen molar-refractivity contribution in [3.63, 3.8) is 0 Å². The van der Waals surface area contributed by atoms with E-state index in [-0.39, 0.29) is 11.0 Å². The van der Waals surface area contributed by atoms with E-state index in [0.717, 1.165) is 4.47 Å². The minimum atomic E-state index is -0.282. The van der Waals surface area contributed by atoms with Crippen molar-refractivity contribution in [3.8, 4) is 11.5 Å². The van der Waals surface area contributed by atoms with Crippen LogP contribution in [-0.4, -0.2) is 25.2 Å². The molecular formula is C16H15BrN2O3S. The second-order valence-corrected chi connectivity index (χ2v) is 5.81. The Balaban J connectivity index is 2.02. The zero-order chi connectivity index (χ0) is 16.8. The molecule has 0 atom stereocenters. The van der Waals surface area contributed by atoms with Gasteiger partial charge in [0.1, 0.15) is 0 Å². The average molecular weight is 395 g/mol. The molecule has 2 aromatic rings. The lowest BCUT2D eigenvalue weighted by molar-refractivity contribution is 0.0977. The molecule has 0 spiro atoms. The first-order valence-corrected chi connectivity index (χ1v) is 7.83. The number of rotatable bonds is 4. The first-order chi connectivity index (χ1) is 11.0. The van der Waals surface area contributed by atoms with Gasteiger partial charge >= 0.3 is 0 Å². The van der Waals surface area contributed by atoms with Crippen molar-refractivity contribution in [2.24, 2.45) is 0 Å². The molecule has 2 rings (SSSR count). The number of amides is 1. The molecule has 7 heteroatoms. The van der Waals surface area contributed by atoms with Gasteiger partial charge in [-0.2, -0.15) is 0 Å². The Labute approximate surface area is 148 Å². The maximum absolute atomic E-state index is 12.1. The predicted octanol–water partition coefficient (Wildman–Crippen LogP) is 3.59. The molecule has 2 aromatic carbocycles. The maximum Gasteiger partial charge on any atom is 0.257 e. The molecule has 1 amide bonds. The average Bonchev–Trinajstić information content (AvgIpc) is 2.55. The number of anilines is 1. The Hall–Kier alpha value is -2.12. The van der Waals surface area contributed by atoms with Crippen LogP contribution in [-0.2, 0) is 0 Å². The van der Waals surface area contributed by atoms with Crippen molar-refractivity contribution in [3.05, 3.63) is 52.5 Å². The Bertz CT molecular complexity index is 720. The zero-order valence-corrected chi connectivity index (χ0v) is 15.0. The summed E-state index contributed by atoms with van der Waals surface area (Å²) >= 11 is 8.48. The SMILES string of the molecule is COc1ccc(NC(=S)NC(=O)c2ccc(Br)cc2)cc1OC. The predicted molar refractivity (Wildman–Crippen MR) is 97.4 cm³/mol. The van der Waals surface area contributed by atoms with Crippen LogP contribution in [0, 0.1) is 0 Å². The van der Waals surface area contributed by atoms with Crippen molar-refractivity contribution in [1.82, 2.24) is 5.32 Å². The lowest BCUT2D eigenvalue weighted by atomic mass is 10.2. The van der Waals surface area contributed by atoms with Crippen molar-refractivity contribution in [2.45, 2.75) is 0 Å². The van der Waals surface area contributed by atoms with Gasteiger partial charge in [0.15, 0.2) is 16.6 Å². The van der Waals surface area contributed by atoms with Crippen molar-refractivity contribution in [1.29, 1.82) is 0 Å². The van der Waals surface area contributed by atoms with Gasteiger partial charge in [0, 0.05) is 21.8 Å². The smallest absolute Gasteiger partial charge is 0.257 e. The monoisotopic (exact) mass is 394 g/mol. The first-order valence-electron chi connectivity index (χ1n) is 6.63. The molecule has 2 N–H and O–H groups in total. The van der Waals surface area contributed by atoms with E-state index in [4.69, 9.17) is 21.7 Å². The Morgan fingerprint density at radius 1 is 1.04 bits per heavy atom. The summed E-state index contributed by atoms with van der Waals surface area (Å²) in [6, 6.07) is 12.3. The number of thiocarbonyl (C=S) groups is 1. The van der Waals surface area contributed by atoms with Gasteiger partial charge in [-0.15, -0.1) is 0 Å². The van der Waals surface area contributed by atoms with Crippen molar-refractivity contribution in [2.75, 3.05) is 19.5 Å². The second-order valence-electron chi connectivity index (χ2n) is 4.48. The van der Waals surface area contributed by atoms with E-state index < -0.39 is 0 Å². The van der Waals surface area contributed by atoms with Crippen LogP contribution in [0.4, 0.5) is 5.69 Å². The number of benzene rings is 2. The number of halogens is 1. The fourth-order valence-corrected chi connectivity index (χ4v) is 2.33. The van der Waals surface area contributed by atoms with Crippen LogP contribution in [0.25, 0.3) is 0 Å². The molecule has 0 fully saturated rings. The lowest BCUT2D eigenvalue weighted by Crippen LogP contribution is -2.34. The Morgan fingerprint density at radius 3 is 2.30 bits per heavy atom. The van der Waals surface area contributed by atoms with Crippen LogP contribution >= 0.6 is 28.1 Å². The van der Waals surface area contributed by atoms with E-state index in [2.05, 4.69) is 26.6 Å². The van der Waals surface area contributed by atoms with Crippen LogP contribution in [0.2, 0.25) is 0 Å². The van der Waals surface area contributed by atoms with Crippen LogP contribution in [0.5, 0.6) is 11.5 Å². The minimum absolute atomic E-state index is 0.199. The molecular weight excluding hydrogens is 380 g/mol. The number of methoxy groups -OCH3 is 2. The molecule has 5 nitrogen and oxygen atoms in total. The van der Waals surface area contributed by atoms with E-state index in [0.29, 0.717) is 22.7 Å². The lowest BCUT2D eigenvalue weighted by Gasteiger charge is -2.12. The molecule has 0 aliphatic rings. The molecule has 0 heterocycles. The maximum atomic E-state index is 12.1. The fourth-order valence-electron chi connectivity index (χ4n) is 1.85. The van der Waals surface area contributed by atoms with Gasteiger partial charge < -0.3 is 14.8 Å². The molecule has 0 radical (unpaired) electrons.